The number of carbonyl (C=O) groups is 2. The fraction of sp³-hybridized carbons (Fsp3) is 0.571. The Kier molecular flexibility index (Phi) is 4.44. The summed E-state index contributed by atoms with van der Waals surface area (Å²) in [6.07, 6.45) is 5.47. The number of benzene rings is 1. The van der Waals surface area contributed by atoms with E-state index in [1.807, 2.05) is 46.5 Å². The molecule has 0 bridgehead atoms. The molecule has 27 heavy (non-hydrogen) atoms. The van der Waals surface area contributed by atoms with Gasteiger partial charge in [-0.1, -0.05) is 19.3 Å². The van der Waals surface area contributed by atoms with E-state index in [0.717, 1.165) is 42.5 Å². The first-order valence-electron chi connectivity index (χ1n) is 9.92. The summed E-state index contributed by atoms with van der Waals surface area (Å²) in [5.74, 6) is 1.12. The highest BCUT2D eigenvalue weighted by molar-refractivity contribution is 5.97. The van der Waals surface area contributed by atoms with Crippen molar-refractivity contribution in [2.24, 2.45) is 7.05 Å². The van der Waals surface area contributed by atoms with Crippen LogP contribution >= 0.6 is 0 Å². The van der Waals surface area contributed by atoms with Crippen LogP contribution in [0.4, 0.5) is 0 Å². The van der Waals surface area contributed by atoms with Crippen molar-refractivity contribution in [3.63, 3.8) is 0 Å². The zero-order chi connectivity index (χ0) is 19.2. The summed E-state index contributed by atoms with van der Waals surface area (Å²) in [6, 6.07) is 5.77. The second-order valence-electron chi connectivity index (χ2n) is 8.10. The Morgan fingerprint density at radius 1 is 1.11 bits per heavy atom. The molecule has 2 amide bonds. The standard InChI is InChI=1S/C21H28N4O2/c1-15-22-18-13-17(7-8-19(18)23(15)3)20(27)24-11-12-25(16(2)26)21(14-24)9-5-4-6-10-21/h7-8,13H,4-6,9-12,14H2,1-3H3. The van der Waals surface area contributed by atoms with Gasteiger partial charge in [0.25, 0.3) is 5.91 Å². The van der Waals surface area contributed by atoms with Crippen molar-refractivity contribution in [1.82, 2.24) is 19.4 Å². The van der Waals surface area contributed by atoms with Crippen molar-refractivity contribution >= 4 is 22.8 Å². The van der Waals surface area contributed by atoms with Gasteiger partial charge in [-0.05, 0) is 38.0 Å². The molecule has 1 aromatic carbocycles. The van der Waals surface area contributed by atoms with E-state index in [1.165, 1.54) is 6.42 Å². The van der Waals surface area contributed by atoms with E-state index in [4.69, 9.17) is 0 Å². The summed E-state index contributed by atoms with van der Waals surface area (Å²) in [5.41, 5.74) is 2.40. The summed E-state index contributed by atoms with van der Waals surface area (Å²) in [4.78, 5) is 34.0. The van der Waals surface area contributed by atoms with Crippen LogP contribution < -0.4 is 0 Å². The van der Waals surface area contributed by atoms with Gasteiger partial charge in [0.05, 0.1) is 16.6 Å². The number of carbonyl (C=O) groups excluding carboxylic acids is 2. The Morgan fingerprint density at radius 2 is 1.85 bits per heavy atom. The maximum absolute atomic E-state index is 13.2. The number of rotatable bonds is 1. The van der Waals surface area contributed by atoms with Crippen LogP contribution in [0.5, 0.6) is 0 Å². The minimum absolute atomic E-state index is 0.0494. The lowest BCUT2D eigenvalue weighted by Gasteiger charge is -2.52. The summed E-state index contributed by atoms with van der Waals surface area (Å²) in [7, 11) is 1.99. The second kappa shape index (κ2) is 6.66. The first-order chi connectivity index (χ1) is 12.9. The number of fused-ring (bicyclic) bond motifs is 1. The fourth-order valence-corrected chi connectivity index (χ4v) is 4.92. The third-order valence-corrected chi connectivity index (χ3v) is 6.45. The van der Waals surface area contributed by atoms with Gasteiger partial charge in [-0.15, -0.1) is 0 Å². The smallest absolute Gasteiger partial charge is 0.254 e. The van der Waals surface area contributed by atoms with Crippen LogP contribution in [-0.4, -0.2) is 56.3 Å². The van der Waals surface area contributed by atoms with Gasteiger partial charge >= 0.3 is 0 Å². The average molecular weight is 368 g/mol. The molecule has 0 atom stereocenters. The number of imidazole rings is 1. The second-order valence-corrected chi connectivity index (χ2v) is 8.10. The molecule has 2 heterocycles. The third-order valence-electron chi connectivity index (χ3n) is 6.45. The van der Waals surface area contributed by atoms with Crippen molar-refractivity contribution in [2.45, 2.75) is 51.5 Å². The molecule has 1 saturated carbocycles. The molecular formula is C21H28N4O2. The first kappa shape index (κ1) is 18.0. The van der Waals surface area contributed by atoms with Crippen LogP contribution in [0.2, 0.25) is 0 Å². The molecule has 0 unspecified atom stereocenters. The molecular weight excluding hydrogens is 340 g/mol. The minimum Gasteiger partial charge on any atom is -0.335 e. The lowest BCUT2D eigenvalue weighted by Crippen LogP contribution is -2.65. The van der Waals surface area contributed by atoms with Crippen LogP contribution in [0.1, 0.15) is 55.2 Å². The Labute approximate surface area is 160 Å². The maximum Gasteiger partial charge on any atom is 0.254 e. The first-order valence-corrected chi connectivity index (χ1v) is 9.92. The van der Waals surface area contributed by atoms with E-state index in [1.54, 1.807) is 6.92 Å². The average Bonchev–Trinajstić information content (AvgIpc) is 2.95. The van der Waals surface area contributed by atoms with E-state index >= 15 is 0 Å². The van der Waals surface area contributed by atoms with Crippen molar-refractivity contribution in [3.8, 4) is 0 Å². The van der Waals surface area contributed by atoms with Gasteiger partial charge in [0.2, 0.25) is 5.91 Å². The Balaban J connectivity index is 1.61. The Bertz CT molecular complexity index is 895. The monoisotopic (exact) mass is 368 g/mol. The molecule has 6 heteroatoms. The molecule has 1 spiro atoms. The molecule has 6 nitrogen and oxygen atoms in total. The summed E-state index contributed by atoms with van der Waals surface area (Å²) < 4.78 is 2.03. The molecule has 4 rings (SSSR count). The van der Waals surface area contributed by atoms with Crippen LogP contribution in [-0.2, 0) is 11.8 Å². The maximum atomic E-state index is 13.2. The van der Waals surface area contributed by atoms with E-state index in [2.05, 4.69) is 4.98 Å². The zero-order valence-corrected chi connectivity index (χ0v) is 16.5. The molecule has 0 N–H and O–H groups in total. The number of piperazine rings is 1. The molecule has 2 fully saturated rings. The van der Waals surface area contributed by atoms with E-state index < -0.39 is 0 Å². The largest absolute Gasteiger partial charge is 0.335 e. The molecule has 2 aliphatic rings. The van der Waals surface area contributed by atoms with Gasteiger partial charge in [0.15, 0.2) is 0 Å². The van der Waals surface area contributed by atoms with Gasteiger partial charge in [0.1, 0.15) is 5.82 Å². The van der Waals surface area contributed by atoms with E-state index in [-0.39, 0.29) is 17.4 Å². The van der Waals surface area contributed by atoms with Gasteiger partial charge in [0, 0.05) is 39.2 Å². The number of nitrogens with zero attached hydrogens (tertiary/aromatic N) is 4. The predicted octanol–water partition coefficient (Wildman–Crippen LogP) is 2.89. The molecule has 1 aliphatic carbocycles. The zero-order valence-electron chi connectivity index (χ0n) is 16.5. The summed E-state index contributed by atoms with van der Waals surface area (Å²) >= 11 is 0. The summed E-state index contributed by atoms with van der Waals surface area (Å²) in [6.45, 7) is 5.50. The third kappa shape index (κ3) is 3.01. The van der Waals surface area contributed by atoms with Gasteiger partial charge in [-0.2, -0.15) is 0 Å². The van der Waals surface area contributed by atoms with Gasteiger partial charge < -0.3 is 14.4 Å². The topological polar surface area (TPSA) is 58.4 Å². The van der Waals surface area contributed by atoms with Crippen LogP contribution in [0, 0.1) is 6.92 Å². The van der Waals surface area contributed by atoms with Crippen molar-refractivity contribution in [2.75, 3.05) is 19.6 Å². The minimum atomic E-state index is -0.177. The molecule has 144 valence electrons. The van der Waals surface area contributed by atoms with E-state index in [0.29, 0.717) is 25.2 Å². The van der Waals surface area contributed by atoms with Crippen molar-refractivity contribution in [3.05, 3.63) is 29.6 Å². The molecule has 0 radical (unpaired) electrons. The number of amides is 2. The number of hydrogen-bond acceptors (Lipinski definition) is 3. The lowest BCUT2D eigenvalue weighted by molar-refractivity contribution is -0.141. The van der Waals surface area contributed by atoms with Crippen molar-refractivity contribution < 1.29 is 9.59 Å². The quantitative estimate of drug-likeness (QED) is 0.778. The molecule has 1 aliphatic heterocycles. The van der Waals surface area contributed by atoms with Gasteiger partial charge in [-0.25, -0.2) is 4.98 Å². The normalized spacial score (nSPS) is 19.7. The Hall–Kier alpha value is -2.37. The highest BCUT2D eigenvalue weighted by Gasteiger charge is 2.44. The number of hydrogen-bond donors (Lipinski definition) is 0. The SMILES string of the molecule is CC(=O)N1CCN(C(=O)c2ccc3c(c2)nc(C)n3C)CC12CCCCC2. The molecule has 1 saturated heterocycles. The Morgan fingerprint density at radius 3 is 2.56 bits per heavy atom. The van der Waals surface area contributed by atoms with Gasteiger partial charge in [-0.3, -0.25) is 9.59 Å². The van der Waals surface area contributed by atoms with Crippen LogP contribution in [0.25, 0.3) is 11.0 Å². The van der Waals surface area contributed by atoms with Crippen molar-refractivity contribution in [1.29, 1.82) is 0 Å². The summed E-state index contributed by atoms with van der Waals surface area (Å²) in [5, 5.41) is 0. The molecule has 1 aromatic heterocycles. The molecule has 2 aromatic rings. The predicted molar refractivity (Wildman–Crippen MR) is 105 cm³/mol. The highest BCUT2D eigenvalue weighted by Crippen LogP contribution is 2.37. The van der Waals surface area contributed by atoms with E-state index in [9.17, 15) is 9.59 Å². The van der Waals surface area contributed by atoms with Crippen LogP contribution in [0.15, 0.2) is 18.2 Å². The van der Waals surface area contributed by atoms with Crippen LogP contribution in [0.3, 0.4) is 0 Å². The fourth-order valence-electron chi connectivity index (χ4n) is 4.92. The highest BCUT2D eigenvalue weighted by atomic mass is 16.2. The lowest BCUT2D eigenvalue weighted by atomic mass is 9.78. The number of aromatic nitrogens is 2. The number of aryl methyl sites for hydroxylation is 2.